The van der Waals surface area contributed by atoms with Crippen LogP contribution in [0.15, 0.2) is 18.7 Å². The van der Waals surface area contributed by atoms with E-state index in [1.54, 1.807) is 6.20 Å². The van der Waals surface area contributed by atoms with Crippen LogP contribution in [0.25, 0.3) is 0 Å². The molecule has 1 N–H and O–H groups in total. The third-order valence-electron chi connectivity index (χ3n) is 4.59. The van der Waals surface area contributed by atoms with Gasteiger partial charge in [-0.05, 0) is 32.1 Å². The molecule has 3 rings (SSSR count). The second kappa shape index (κ2) is 7.70. The van der Waals surface area contributed by atoms with Crippen molar-refractivity contribution in [2.75, 3.05) is 18.5 Å². The van der Waals surface area contributed by atoms with Crippen molar-refractivity contribution in [3.63, 3.8) is 0 Å². The minimum absolute atomic E-state index is 0.0991. The number of halogens is 1. The van der Waals surface area contributed by atoms with Crippen LogP contribution >= 0.6 is 0 Å². The van der Waals surface area contributed by atoms with Crippen LogP contribution < -0.4 is 5.32 Å². The Bertz CT molecular complexity index is 669. The summed E-state index contributed by atoms with van der Waals surface area (Å²) in [4.78, 5) is 12.7. The van der Waals surface area contributed by atoms with E-state index in [2.05, 4.69) is 31.8 Å². The number of ether oxygens (including phenoxy) is 1. The van der Waals surface area contributed by atoms with E-state index in [4.69, 9.17) is 4.74 Å². The molecule has 0 spiro atoms. The second-order valence-corrected chi connectivity index (χ2v) is 5.98. The smallest absolute Gasteiger partial charge is 0.186 e. The van der Waals surface area contributed by atoms with Crippen molar-refractivity contribution in [2.24, 2.45) is 5.92 Å². The standard InChI is InChI=1S/C17H24FN5O/c1-3-13-14(18)16(21-11-20-13)22-15(12-5-9-24-10-6-12)17-19-7-8-23(17)4-2/h7-8,11-12,15H,3-6,9-10H2,1-2H3,(H,20,21,22)/t15-/m1/s1. The fourth-order valence-corrected chi connectivity index (χ4v) is 3.21. The highest BCUT2D eigenvalue weighted by Crippen LogP contribution is 2.32. The number of hydrogen-bond acceptors (Lipinski definition) is 5. The lowest BCUT2D eigenvalue weighted by molar-refractivity contribution is 0.0593. The quantitative estimate of drug-likeness (QED) is 0.880. The summed E-state index contributed by atoms with van der Waals surface area (Å²) in [5, 5.41) is 3.30. The summed E-state index contributed by atoms with van der Waals surface area (Å²) >= 11 is 0. The van der Waals surface area contributed by atoms with Crippen LogP contribution in [-0.2, 0) is 17.7 Å². The Kier molecular flexibility index (Phi) is 5.40. The Morgan fingerprint density at radius 1 is 1.29 bits per heavy atom. The van der Waals surface area contributed by atoms with Gasteiger partial charge in [0.05, 0.1) is 11.7 Å². The Labute approximate surface area is 141 Å². The van der Waals surface area contributed by atoms with E-state index >= 15 is 0 Å². The molecule has 0 aliphatic carbocycles. The molecule has 1 atom stereocenters. The van der Waals surface area contributed by atoms with Gasteiger partial charge in [-0.2, -0.15) is 0 Å². The predicted octanol–water partition coefficient (Wildman–Crippen LogP) is 2.97. The van der Waals surface area contributed by atoms with Crippen LogP contribution in [0, 0.1) is 11.7 Å². The molecule has 24 heavy (non-hydrogen) atoms. The molecule has 6 nitrogen and oxygen atoms in total. The van der Waals surface area contributed by atoms with Gasteiger partial charge in [-0.1, -0.05) is 6.92 Å². The highest BCUT2D eigenvalue weighted by atomic mass is 19.1. The van der Waals surface area contributed by atoms with Crippen LogP contribution in [0.2, 0.25) is 0 Å². The van der Waals surface area contributed by atoms with Crippen molar-refractivity contribution in [2.45, 2.75) is 45.7 Å². The predicted molar refractivity (Wildman–Crippen MR) is 89.2 cm³/mol. The molecule has 0 unspecified atom stereocenters. The fraction of sp³-hybridized carbons (Fsp3) is 0.588. The molecule has 130 valence electrons. The van der Waals surface area contributed by atoms with Crippen LogP contribution in [-0.4, -0.2) is 32.7 Å². The first-order chi connectivity index (χ1) is 11.7. The molecule has 1 aliphatic heterocycles. The Morgan fingerprint density at radius 2 is 2.08 bits per heavy atom. The van der Waals surface area contributed by atoms with Gasteiger partial charge in [0, 0.05) is 32.2 Å². The van der Waals surface area contributed by atoms with Gasteiger partial charge in [0.15, 0.2) is 11.6 Å². The zero-order valence-corrected chi connectivity index (χ0v) is 14.2. The lowest BCUT2D eigenvalue weighted by Gasteiger charge is -2.31. The van der Waals surface area contributed by atoms with Crippen LogP contribution in [0.5, 0.6) is 0 Å². The summed E-state index contributed by atoms with van der Waals surface area (Å²) in [7, 11) is 0. The lowest BCUT2D eigenvalue weighted by atomic mass is 9.91. The molecular weight excluding hydrogens is 309 g/mol. The number of nitrogens with one attached hydrogen (secondary N) is 1. The van der Waals surface area contributed by atoms with Gasteiger partial charge in [0.2, 0.25) is 0 Å². The van der Waals surface area contributed by atoms with Crippen LogP contribution in [0.3, 0.4) is 0 Å². The summed E-state index contributed by atoms with van der Waals surface area (Å²) in [6, 6.07) is -0.0991. The monoisotopic (exact) mass is 333 g/mol. The topological polar surface area (TPSA) is 64.9 Å². The fourth-order valence-electron chi connectivity index (χ4n) is 3.21. The van der Waals surface area contributed by atoms with E-state index in [9.17, 15) is 4.39 Å². The molecule has 0 amide bonds. The van der Waals surface area contributed by atoms with Gasteiger partial charge in [-0.15, -0.1) is 0 Å². The molecule has 0 aromatic carbocycles. The van der Waals surface area contributed by atoms with Gasteiger partial charge in [-0.3, -0.25) is 0 Å². The molecule has 7 heteroatoms. The first-order valence-corrected chi connectivity index (χ1v) is 8.59. The third-order valence-corrected chi connectivity index (χ3v) is 4.59. The molecule has 1 fully saturated rings. The summed E-state index contributed by atoms with van der Waals surface area (Å²) in [5.41, 5.74) is 0.428. The molecule has 0 saturated carbocycles. The molecule has 0 radical (unpaired) electrons. The van der Waals surface area contributed by atoms with Crippen LogP contribution in [0.1, 0.15) is 44.2 Å². The zero-order chi connectivity index (χ0) is 16.9. The van der Waals surface area contributed by atoms with E-state index in [1.807, 2.05) is 13.1 Å². The van der Waals surface area contributed by atoms with Gasteiger partial charge >= 0.3 is 0 Å². The van der Waals surface area contributed by atoms with Gasteiger partial charge in [0.25, 0.3) is 0 Å². The average molecular weight is 333 g/mol. The first-order valence-electron chi connectivity index (χ1n) is 8.59. The Balaban J connectivity index is 1.93. The number of aryl methyl sites for hydroxylation is 2. The van der Waals surface area contributed by atoms with E-state index < -0.39 is 0 Å². The Hall–Kier alpha value is -2.02. The van der Waals surface area contributed by atoms with Gasteiger partial charge < -0.3 is 14.6 Å². The second-order valence-electron chi connectivity index (χ2n) is 5.98. The summed E-state index contributed by atoms with van der Waals surface area (Å²) < 4.78 is 22.2. The highest BCUT2D eigenvalue weighted by Gasteiger charge is 2.30. The van der Waals surface area contributed by atoms with Crippen molar-refractivity contribution in [3.8, 4) is 0 Å². The number of hydrogen-bond donors (Lipinski definition) is 1. The molecule has 2 aromatic rings. The molecule has 1 aliphatic rings. The average Bonchev–Trinajstić information content (AvgIpc) is 3.10. The van der Waals surface area contributed by atoms with Crippen LogP contribution in [0.4, 0.5) is 10.2 Å². The van der Waals surface area contributed by atoms with Crippen molar-refractivity contribution in [1.82, 2.24) is 19.5 Å². The maximum Gasteiger partial charge on any atom is 0.186 e. The van der Waals surface area contributed by atoms with Crippen molar-refractivity contribution >= 4 is 5.82 Å². The molecule has 3 heterocycles. The highest BCUT2D eigenvalue weighted by molar-refractivity contribution is 5.39. The normalized spacial score (nSPS) is 17.0. The van der Waals surface area contributed by atoms with Gasteiger partial charge in [-0.25, -0.2) is 19.3 Å². The van der Waals surface area contributed by atoms with Crippen molar-refractivity contribution in [3.05, 3.63) is 36.1 Å². The van der Waals surface area contributed by atoms with Gasteiger partial charge in [0.1, 0.15) is 12.2 Å². The lowest BCUT2D eigenvalue weighted by Crippen LogP contribution is -2.30. The van der Waals surface area contributed by atoms with E-state index in [1.165, 1.54) is 6.33 Å². The maximum absolute atomic E-state index is 14.6. The number of imidazole rings is 1. The van der Waals surface area contributed by atoms with Crippen molar-refractivity contribution < 1.29 is 9.13 Å². The summed E-state index contributed by atoms with van der Waals surface area (Å²) in [6.45, 7) is 6.23. The first kappa shape index (κ1) is 16.8. The summed E-state index contributed by atoms with van der Waals surface area (Å²) in [5.74, 6) is 1.13. The summed E-state index contributed by atoms with van der Waals surface area (Å²) in [6.07, 6.45) is 7.53. The number of anilines is 1. The largest absolute Gasteiger partial charge is 0.381 e. The zero-order valence-electron chi connectivity index (χ0n) is 14.2. The molecule has 0 bridgehead atoms. The minimum atomic E-state index is -0.369. The molecule has 2 aromatic heterocycles. The Morgan fingerprint density at radius 3 is 2.79 bits per heavy atom. The molecular formula is C17H24FN5O. The minimum Gasteiger partial charge on any atom is -0.381 e. The van der Waals surface area contributed by atoms with E-state index in [0.29, 0.717) is 18.0 Å². The third kappa shape index (κ3) is 3.40. The number of rotatable bonds is 6. The van der Waals surface area contributed by atoms with E-state index in [0.717, 1.165) is 38.4 Å². The number of nitrogens with zero attached hydrogens (tertiary/aromatic N) is 4. The van der Waals surface area contributed by atoms with Crippen molar-refractivity contribution in [1.29, 1.82) is 0 Å². The SMILES string of the molecule is CCc1ncnc(N[C@@H](c2nccn2CC)C2CCOCC2)c1F. The number of aromatic nitrogens is 4. The molecule has 1 saturated heterocycles. The van der Waals surface area contributed by atoms with E-state index in [-0.39, 0.29) is 17.7 Å². The maximum atomic E-state index is 14.6.